The largest absolute Gasteiger partial charge is 0.391 e. The van der Waals surface area contributed by atoms with Crippen molar-refractivity contribution in [1.29, 1.82) is 0 Å². The predicted octanol–water partition coefficient (Wildman–Crippen LogP) is 4.79. The zero-order chi connectivity index (χ0) is 39.6. The number of nitrogens with two attached hydrogens (primary N) is 1. The Bertz CT molecular complexity index is 1340. The number of aliphatic hydroxyl groups excluding tert-OH is 4. The summed E-state index contributed by atoms with van der Waals surface area (Å²) in [6.07, 6.45) is 18.4. The van der Waals surface area contributed by atoms with Crippen LogP contribution >= 0.6 is 0 Å². The summed E-state index contributed by atoms with van der Waals surface area (Å²) in [6, 6.07) is 0.340. The number of hydrogen-bond acceptors (Lipinski definition) is 10. The molecule has 6 rings (SSSR count). The molecule has 0 radical (unpaired) electrons. The monoisotopic (exact) mass is 782 g/mol. The first-order valence-corrected chi connectivity index (χ1v) is 22.8. The smallest absolute Gasteiger partial charge is 0.150 e. The SMILES string of the molecule is COC1CC2CCC(=O)C(C(O)CCCCC3CNC4CC(=O)CCC4C3)C#CC(CC(O)C(O)CC(C=CC3CCCCC3)C3CCNC(N)C3)C2CC1O. The highest BCUT2D eigenvalue weighted by Gasteiger charge is 2.42. The standard InChI is InChI=1S/C46H75N3O7/c1-56-45-24-34-15-18-41(52)37(40(51)10-6-5-9-30-21-35-13-16-36(50)26-39(35)49-28-30)17-14-33(38(34)27-44(45)55)23-43(54)42(53)22-31(32-19-20-48-46(47)25-32)12-11-29-7-3-2-4-8-29/h11-12,29-35,37-40,42-46,48-49,51,53-55H,2-10,13,15-16,18-28,47H2,1H3. The van der Waals surface area contributed by atoms with Crippen LogP contribution in [0.4, 0.5) is 0 Å². The van der Waals surface area contributed by atoms with E-state index in [1.54, 1.807) is 7.11 Å². The van der Waals surface area contributed by atoms with Crippen molar-refractivity contribution in [3.63, 3.8) is 0 Å². The number of rotatable bonds is 15. The fourth-order valence-corrected chi connectivity index (χ4v) is 11.6. The highest BCUT2D eigenvalue weighted by molar-refractivity contribution is 5.84. The number of hydrogen-bond donors (Lipinski definition) is 7. The Labute approximate surface area is 336 Å². The van der Waals surface area contributed by atoms with E-state index in [4.69, 9.17) is 10.5 Å². The van der Waals surface area contributed by atoms with Gasteiger partial charge in [0.25, 0.3) is 0 Å². The normalized spacial score (nSPS) is 38.2. The molecule has 0 amide bonds. The Morgan fingerprint density at radius 1 is 0.911 bits per heavy atom. The third-order valence-corrected chi connectivity index (χ3v) is 15.1. The van der Waals surface area contributed by atoms with Crippen LogP contribution in [-0.4, -0.2) is 94.9 Å². The van der Waals surface area contributed by atoms with Crippen LogP contribution in [0.1, 0.15) is 135 Å². The van der Waals surface area contributed by atoms with E-state index in [1.165, 1.54) is 32.1 Å². The first kappa shape index (κ1) is 43.9. The minimum atomic E-state index is -1.02. The van der Waals surface area contributed by atoms with Crippen molar-refractivity contribution in [1.82, 2.24) is 10.6 Å². The fraction of sp³-hybridized carbons (Fsp3) is 0.870. The number of Topliss-reactive ketones (excluding diaryl/α,β-unsaturated/α-hetero) is 2. The van der Waals surface area contributed by atoms with Crippen LogP contribution in [0.3, 0.4) is 0 Å². The number of aliphatic hydroxyl groups is 4. The van der Waals surface area contributed by atoms with E-state index in [1.807, 2.05) is 0 Å². The molecule has 0 spiro atoms. The molecule has 6 aliphatic rings. The fourth-order valence-electron chi connectivity index (χ4n) is 11.6. The van der Waals surface area contributed by atoms with E-state index >= 15 is 0 Å². The molecule has 10 nitrogen and oxygen atoms in total. The Balaban J connectivity index is 1.10. The summed E-state index contributed by atoms with van der Waals surface area (Å²) < 4.78 is 5.66. The molecule has 2 heterocycles. The number of ether oxygens (including phenoxy) is 1. The molecular weight excluding hydrogens is 707 g/mol. The number of unbranched alkanes of at least 4 members (excludes halogenated alkanes) is 1. The van der Waals surface area contributed by atoms with E-state index < -0.39 is 30.3 Å². The molecule has 56 heavy (non-hydrogen) atoms. The summed E-state index contributed by atoms with van der Waals surface area (Å²) in [7, 11) is 1.62. The highest BCUT2D eigenvalue weighted by Crippen LogP contribution is 2.42. The van der Waals surface area contributed by atoms with Gasteiger partial charge in [-0.2, -0.15) is 0 Å². The van der Waals surface area contributed by atoms with Crippen molar-refractivity contribution < 1.29 is 34.8 Å². The lowest BCUT2D eigenvalue weighted by atomic mass is 9.67. The average Bonchev–Trinajstić information content (AvgIpc) is 3.25. The molecule has 15 atom stereocenters. The molecule has 3 saturated carbocycles. The quantitative estimate of drug-likeness (QED) is 0.0696. The predicted molar refractivity (Wildman–Crippen MR) is 218 cm³/mol. The zero-order valence-corrected chi connectivity index (χ0v) is 34.2. The van der Waals surface area contributed by atoms with Crippen LogP contribution in [0, 0.1) is 65.1 Å². The number of nitrogens with one attached hydrogen (secondary N) is 2. The van der Waals surface area contributed by atoms with Crippen molar-refractivity contribution in [3.8, 4) is 11.8 Å². The van der Waals surface area contributed by atoms with Crippen molar-refractivity contribution in [2.75, 3.05) is 20.2 Å². The van der Waals surface area contributed by atoms with Crippen LogP contribution < -0.4 is 16.4 Å². The maximum atomic E-state index is 13.7. The van der Waals surface area contributed by atoms with Gasteiger partial charge in [0.15, 0.2) is 0 Å². The van der Waals surface area contributed by atoms with Crippen LogP contribution in [0.15, 0.2) is 12.2 Å². The van der Waals surface area contributed by atoms with Crippen LogP contribution in [0.5, 0.6) is 0 Å². The molecular formula is C46H75N3O7. The van der Waals surface area contributed by atoms with Gasteiger partial charge in [-0.15, -0.1) is 0 Å². The Morgan fingerprint density at radius 3 is 2.50 bits per heavy atom. The van der Waals surface area contributed by atoms with Crippen molar-refractivity contribution in [2.24, 2.45) is 59.0 Å². The molecule has 8 N–H and O–H groups in total. The number of carbonyl (C=O) groups is 2. The van der Waals surface area contributed by atoms with Gasteiger partial charge >= 0.3 is 0 Å². The highest BCUT2D eigenvalue weighted by atomic mass is 16.5. The lowest BCUT2D eigenvalue weighted by molar-refractivity contribution is -0.125. The molecule has 2 saturated heterocycles. The van der Waals surface area contributed by atoms with E-state index in [2.05, 4.69) is 34.6 Å². The van der Waals surface area contributed by atoms with E-state index in [-0.39, 0.29) is 48.1 Å². The molecule has 2 aliphatic heterocycles. The van der Waals surface area contributed by atoms with Crippen LogP contribution in [0.25, 0.3) is 0 Å². The molecule has 0 bridgehead atoms. The number of piperidine rings is 2. The number of carbonyl (C=O) groups excluding carboxylic acids is 2. The second kappa shape index (κ2) is 21.5. The Hall–Kier alpha value is -1.68. The lowest BCUT2D eigenvalue weighted by Crippen LogP contribution is -2.48. The molecule has 4 aliphatic carbocycles. The third kappa shape index (κ3) is 12.2. The van der Waals surface area contributed by atoms with Gasteiger partial charge in [0.1, 0.15) is 17.5 Å². The van der Waals surface area contributed by atoms with Gasteiger partial charge in [0.05, 0.1) is 36.7 Å². The van der Waals surface area contributed by atoms with Gasteiger partial charge in [-0.25, -0.2) is 0 Å². The number of fused-ring (bicyclic) bond motifs is 2. The number of methoxy groups -OCH3 is 1. The topological polar surface area (TPSA) is 174 Å². The zero-order valence-electron chi connectivity index (χ0n) is 34.2. The molecule has 0 aromatic rings. The minimum absolute atomic E-state index is 0.0350. The van der Waals surface area contributed by atoms with Gasteiger partial charge in [-0.1, -0.05) is 56.1 Å². The maximum absolute atomic E-state index is 13.7. The summed E-state index contributed by atoms with van der Waals surface area (Å²) in [5.74, 6) is 8.00. The second-order valence-corrected chi connectivity index (χ2v) is 19.0. The molecule has 15 unspecified atom stereocenters. The van der Waals surface area contributed by atoms with Crippen molar-refractivity contribution >= 4 is 11.6 Å². The summed E-state index contributed by atoms with van der Waals surface area (Å²) in [6.45, 7) is 1.79. The summed E-state index contributed by atoms with van der Waals surface area (Å²) in [4.78, 5) is 25.6. The summed E-state index contributed by atoms with van der Waals surface area (Å²) in [5, 5.41) is 52.9. The van der Waals surface area contributed by atoms with E-state index in [0.29, 0.717) is 86.9 Å². The number of ketones is 2. The molecule has 316 valence electrons. The molecule has 10 heteroatoms. The number of allylic oxidation sites excluding steroid dienone is 2. The van der Waals surface area contributed by atoms with Gasteiger partial charge in [-0.3, -0.25) is 9.59 Å². The van der Waals surface area contributed by atoms with E-state index in [9.17, 15) is 30.0 Å². The average molecular weight is 782 g/mol. The van der Waals surface area contributed by atoms with Crippen LogP contribution in [0.2, 0.25) is 0 Å². The first-order chi connectivity index (χ1) is 27.1. The second-order valence-electron chi connectivity index (χ2n) is 19.0. The lowest BCUT2D eigenvalue weighted by Gasteiger charge is -2.42. The molecule has 0 aromatic carbocycles. The van der Waals surface area contributed by atoms with Crippen LogP contribution in [-0.2, 0) is 14.3 Å². The summed E-state index contributed by atoms with van der Waals surface area (Å²) in [5.41, 5.74) is 6.34. The van der Waals surface area contributed by atoms with E-state index in [0.717, 1.165) is 58.0 Å². The van der Waals surface area contributed by atoms with Gasteiger partial charge < -0.3 is 41.5 Å². The van der Waals surface area contributed by atoms with Gasteiger partial charge in [0.2, 0.25) is 0 Å². The minimum Gasteiger partial charge on any atom is -0.391 e. The molecule has 0 aromatic heterocycles. The van der Waals surface area contributed by atoms with Gasteiger partial charge in [-0.05, 0) is 138 Å². The van der Waals surface area contributed by atoms with Crippen molar-refractivity contribution in [2.45, 2.75) is 178 Å². The first-order valence-electron chi connectivity index (χ1n) is 22.8. The Kier molecular flexibility index (Phi) is 16.9. The van der Waals surface area contributed by atoms with Gasteiger partial charge in [0, 0.05) is 38.3 Å². The summed E-state index contributed by atoms with van der Waals surface area (Å²) >= 11 is 0. The third-order valence-electron chi connectivity index (χ3n) is 15.1. The maximum Gasteiger partial charge on any atom is 0.150 e. The Morgan fingerprint density at radius 2 is 1.71 bits per heavy atom. The van der Waals surface area contributed by atoms with Crippen molar-refractivity contribution in [3.05, 3.63) is 12.2 Å². The molecule has 5 fully saturated rings.